The van der Waals surface area contributed by atoms with Gasteiger partial charge in [0.2, 0.25) is 0 Å². The molecule has 2 aromatic rings. The zero-order chi connectivity index (χ0) is 13.0. The first-order chi connectivity index (χ1) is 8.70. The van der Waals surface area contributed by atoms with Gasteiger partial charge < -0.3 is 9.88 Å². The third-order valence-corrected chi connectivity index (χ3v) is 2.97. The van der Waals surface area contributed by atoms with Crippen LogP contribution in [0.15, 0.2) is 36.8 Å². The fraction of sp³-hybridized carbons (Fsp3) is 0.286. The molecule has 0 bridgehead atoms. The summed E-state index contributed by atoms with van der Waals surface area (Å²) in [5.41, 5.74) is 2.96. The Balaban J connectivity index is 1.97. The molecule has 2 aromatic heterocycles. The molecular formula is C14H16N4. The first-order valence-corrected chi connectivity index (χ1v) is 5.89. The number of nitrogens with zero attached hydrogens (tertiary/aromatic N) is 3. The summed E-state index contributed by atoms with van der Waals surface area (Å²) in [6, 6.07) is 8.29. The van der Waals surface area contributed by atoms with Crippen LogP contribution in [0.5, 0.6) is 0 Å². The second kappa shape index (κ2) is 5.48. The minimum Gasteiger partial charge on any atom is -0.342 e. The SMILES string of the molecule is CC(NCc1cc(C#N)n(C)c1)c1cccnc1. The van der Waals surface area contributed by atoms with Crippen molar-refractivity contribution in [3.05, 3.63) is 53.6 Å². The molecule has 0 spiro atoms. The van der Waals surface area contributed by atoms with Crippen LogP contribution in [0.25, 0.3) is 0 Å². The molecule has 18 heavy (non-hydrogen) atoms. The van der Waals surface area contributed by atoms with E-state index in [0.717, 1.165) is 17.7 Å². The summed E-state index contributed by atoms with van der Waals surface area (Å²) in [5.74, 6) is 0. The van der Waals surface area contributed by atoms with Crippen molar-refractivity contribution in [3.63, 3.8) is 0 Å². The molecule has 0 aromatic carbocycles. The zero-order valence-electron chi connectivity index (χ0n) is 10.6. The summed E-state index contributed by atoms with van der Waals surface area (Å²) in [5, 5.41) is 12.3. The van der Waals surface area contributed by atoms with E-state index in [4.69, 9.17) is 5.26 Å². The van der Waals surface area contributed by atoms with Crippen molar-refractivity contribution in [1.29, 1.82) is 5.26 Å². The number of nitriles is 1. The van der Waals surface area contributed by atoms with E-state index in [1.807, 2.05) is 36.1 Å². The van der Waals surface area contributed by atoms with Gasteiger partial charge in [-0.05, 0) is 30.2 Å². The minimum absolute atomic E-state index is 0.240. The van der Waals surface area contributed by atoms with Gasteiger partial charge in [0.15, 0.2) is 0 Å². The average molecular weight is 240 g/mol. The highest BCUT2D eigenvalue weighted by Gasteiger charge is 2.06. The molecule has 1 unspecified atom stereocenters. The van der Waals surface area contributed by atoms with Gasteiger partial charge in [0.05, 0.1) is 0 Å². The van der Waals surface area contributed by atoms with E-state index in [-0.39, 0.29) is 6.04 Å². The van der Waals surface area contributed by atoms with Gasteiger partial charge in [-0.1, -0.05) is 6.07 Å². The predicted octanol–water partition coefficient (Wildman–Crippen LogP) is 2.14. The maximum atomic E-state index is 8.89. The lowest BCUT2D eigenvalue weighted by atomic mass is 10.1. The molecule has 0 saturated carbocycles. The molecule has 1 N–H and O–H groups in total. The van der Waals surface area contributed by atoms with Crippen molar-refractivity contribution < 1.29 is 0 Å². The standard InChI is InChI=1S/C14H16N4/c1-11(13-4-3-5-16-9-13)17-8-12-6-14(7-15)18(2)10-12/h3-6,9-11,17H,8H2,1-2H3. The summed E-state index contributed by atoms with van der Waals surface area (Å²) in [4.78, 5) is 4.11. The first kappa shape index (κ1) is 12.3. The lowest BCUT2D eigenvalue weighted by Gasteiger charge is -2.12. The molecule has 2 heterocycles. The van der Waals surface area contributed by atoms with Gasteiger partial charge in [-0.15, -0.1) is 0 Å². The highest BCUT2D eigenvalue weighted by atomic mass is 14.9. The fourth-order valence-corrected chi connectivity index (χ4v) is 1.86. The number of hydrogen-bond donors (Lipinski definition) is 1. The Morgan fingerprint density at radius 2 is 2.39 bits per heavy atom. The van der Waals surface area contributed by atoms with Crippen LogP contribution in [0.2, 0.25) is 0 Å². The van der Waals surface area contributed by atoms with Crippen molar-refractivity contribution in [2.24, 2.45) is 7.05 Å². The van der Waals surface area contributed by atoms with Crippen LogP contribution in [0.3, 0.4) is 0 Å². The molecule has 4 nitrogen and oxygen atoms in total. The predicted molar refractivity (Wildman–Crippen MR) is 69.6 cm³/mol. The Hall–Kier alpha value is -2.12. The molecule has 0 aliphatic rings. The van der Waals surface area contributed by atoms with Crippen LogP contribution in [0.1, 0.15) is 29.8 Å². The van der Waals surface area contributed by atoms with Crippen molar-refractivity contribution in [2.45, 2.75) is 19.5 Å². The summed E-state index contributed by atoms with van der Waals surface area (Å²) in [7, 11) is 1.88. The second-order valence-electron chi connectivity index (χ2n) is 4.35. The Labute approximate surface area is 107 Å². The fourth-order valence-electron chi connectivity index (χ4n) is 1.86. The molecule has 0 radical (unpaired) electrons. The van der Waals surface area contributed by atoms with E-state index in [1.165, 1.54) is 0 Å². The number of pyridine rings is 1. The van der Waals surface area contributed by atoms with E-state index < -0.39 is 0 Å². The molecule has 1 atom stereocenters. The quantitative estimate of drug-likeness (QED) is 0.890. The van der Waals surface area contributed by atoms with Crippen molar-refractivity contribution in [2.75, 3.05) is 0 Å². The maximum absolute atomic E-state index is 8.89. The number of hydrogen-bond acceptors (Lipinski definition) is 3. The molecular weight excluding hydrogens is 224 g/mol. The number of aromatic nitrogens is 2. The van der Waals surface area contributed by atoms with Crippen LogP contribution < -0.4 is 5.32 Å². The maximum Gasteiger partial charge on any atom is 0.120 e. The molecule has 0 saturated heterocycles. The highest BCUT2D eigenvalue weighted by molar-refractivity contribution is 5.28. The molecule has 0 aliphatic heterocycles. The Bertz CT molecular complexity index is 551. The number of aryl methyl sites for hydroxylation is 1. The van der Waals surface area contributed by atoms with Gasteiger partial charge in [-0.25, -0.2) is 0 Å². The van der Waals surface area contributed by atoms with E-state index >= 15 is 0 Å². The monoisotopic (exact) mass is 240 g/mol. The first-order valence-electron chi connectivity index (χ1n) is 5.89. The Morgan fingerprint density at radius 3 is 3.00 bits per heavy atom. The zero-order valence-corrected chi connectivity index (χ0v) is 10.6. The Kier molecular flexibility index (Phi) is 3.75. The molecule has 0 amide bonds. The normalized spacial score (nSPS) is 12.1. The molecule has 0 fully saturated rings. The van der Waals surface area contributed by atoms with E-state index in [9.17, 15) is 0 Å². The number of rotatable bonds is 4. The van der Waals surface area contributed by atoms with Crippen LogP contribution >= 0.6 is 0 Å². The summed E-state index contributed by atoms with van der Waals surface area (Å²) >= 11 is 0. The highest BCUT2D eigenvalue weighted by Crippen LogP contribution is 2.12. The van der Waals surface area contributed by atoms with Gasteiger partial charge >= 0.3 is 0 Å². The van der Waals surface area contributed by atoms with Crippen LogP contribution in [0, 0.1) is 11.3 Å². The third-order valence-electron chi connectivity index (χ3n) is 2.97. The van der Waals surface area contributed by atoms with Gasteiger partial charge in [-0.2, -0.15) is 5.26 Å². The second-order valence-corrected chi connectivity index (χ2v) is 4.35. The van der Waals surface area contributed by atoms with Crippen molar-refractivity contribution in [1.82, 2.24) is 14.9 Å². The smallest absolute Gasteiger partial charge is 0.120 e. The van der Waals surface area contributed by atoms with Crippen LogP contribution in [-0.2, 0) is 13.6 Å². The van der Waals surface area contributed by atoms with Crippen LogP contribution in [-0.4, -0.2) is 9.55 Å². The summed E-state index contributed by atoms with van der Waals surface area (Å²) in [6.07, 6.45) is 5.61. The summed E-state index contributed by atoms with van der Waals surface area (Å²) in [6.45, 7) is 2.84. The summed E-state index contributed by atoms with van der Waals surface area (Å²) < 4.78 is 1.84. The molecule has 4 heteroatoms. The topological polar surface area (TPSA) is 53.6 Å². The Morgan fingerprint density at radius 1 is 1.56 bits per heavy atom. The van der Waals surface area contributed by atoms with Gasteiger partial charge in [0, 0.05) is 38.2 Å². The van der Waals surface area contributed by atoms with Crippen molar-refractivity contribution >= 4 is 0 Å². The minimum atomic E-state index is 0.240. The van der Waals surface area contributed by atoms with E-state index in [2.05, 4.69) is 29.4 Å². The largest absolute Gasteiger partial charge is 0.342 e. The van der Waals surface area contributed by atoms with E-state index in [0.29, 0.717) is 5.69 Å². The number of nitrogens with one attached hydrogen (secondary N) is 1. The lowest BCUT2D eigenvalue weighted by molar-refractivity contribution is 0.573. The van der Waals surface area contributed by atoms with Crippen molar-refractivity contribution in [3.8, 4) is 6.07 Å². The van der Waals surface area contributed by atoms with Gasteiger partial charge in [-0.3, -0.25) is 4.98 Å². The molecule has 2 rings (SSSR count). The molecule has 92 valence electrons. The van der Waals surface area contributed by atoms with Gasteiger partial charge in [0.1, 0.15) is 11.8 Å². The third kappa shape index (κ3) is 2.76. The molecule has 0 aliphatic carbocycles. The van der Waals surface area contributed by atoms with E-state index in [1.54, 1.807) is 6.20 Å². The lowest BCUT2D eigenvalue weighted by Crippen LogP contribution is -2.17. The van der Waals surface area contributed by atoms with Crippen LogP contribution in [0.4, 0.5) is 0 Å². The van der Waals surface area contributed by atoms with Gasteiger partial charge in [0.25, 0.3) is 0 Å². The average Bonchev–Trinajstić information content (AvgIpc) is 2.77.